The molecule has 5 heteroatoms. The Morgan fingerprint density at radius 2 is 1.78 bits per heavy atom. The molecule has 0 aromatic heterocycles. The molecule has 0 radical (unpaired) electrons. The van der Waals surface area contributed by atoms with Gasteiger partial charge in [-0.15, -0.1) is 0 Å². The first-order valence-electron chi connectivity index (χ1n) is 6.26. The molecule has 0 unspecified atom stereocenters. The van der Waals surface area contributed by atoms with Gasteiger partial charge in [-0.3, -0.25) is 0 Å². The van der Waals surface area contributed by atoms with Crippen molar-refractivity contribution in [2.24, 2.45) is 5.73 Å². The third-order valence-electron chi connectivity index (χ3n) is 3.64. The highest BCUT2D eigenvalue weighted by molar-refractivity contribution is 7.88. The van der Waals surface area contributed by atoms with Crippen molar-refractivity contribution in [1.82, 2.24) is 4.31 Å². The maximum Gasteiger partial charge on any atom is 0.218 e. The maximum absolute atomic E-state index is 12.2. The summed E-state index contributed by atoms with van der Waals surface area (Å²) in [5.74, 6) is 0.0743. The zero-order valence-corrected chi connectivity index (χ0v) is 11.5. The van der Waals surface area contributed by atoms with Crippen molar-refractivity contribution in [3.8, 4) is 0 Å². The van der Waals surface area contributed by atoms with Gasteiger partial charge in [-0.25, -0.2) is 12.7 Å². The highest BCUT2D eigenvalue weighted by Gasteiger charge is 2.30. The average molecular weight is 268 g/mol. The molecule has 1 aliphatic rings. The fraction of sp³-hybridized carbons (Fsp3) is 0.538. The summed E-state index contributed by atoms with van der Waals surface area (Å²) in [6, 6.07) is 7.66. The van der Waals surface area contributed by atoms with E-state index in [9.17, 15) is 8.42 Å². The number of nitrogens with zero attached hydrogens (tertiary/aromatic N) is 1. The number of hydrogen-bond donors (Lipinski definition) is 1. The molecule has 100 valence electrons. The molecule has 1 aromatic carbocycles. The Hall–Kier alpha value is -0.910. The van der Waals surface area contributed by atoms with Crippen molar-refractivity contribution >= 4 is 10.0 Å². The molecule has 4 nitrogen and oxygen atoms in total. The third kappa shape index (κ3) is 2.91. The standard InChI is InChI=1S/C13H20N2O2S/c1-15(13-3-2-4-13)18(16,17)10-12-7-5-11(9-14)6-8-12/h5-8,13H,2-4,9-10,14H2,1H3. The van der Waals surface area contributed by atoms with Crippen LogP contribution in [0.2, 0.25) is 0 Å². The lowest BCUT2D eigenvalue weighted by molar-refractivity contribution is 0.249. The van der Waals surface area contributed by atoms with E-state index in [2.05, 4.69) is 0 Å². The van der Waals surface area contributed by atoms with Gasteiger partial charge in [0.05, 0.1) is 5.75 Å². The van der Waals surface area contributed by atoms with E-state index in [1.807, 2.05) is 24.3 Å². The second-order valence-corrected chi connectivity index (χ2v) is 6.91. The van der Waals surface area contributed by atoms with Gasteiger partial charge in [-0.1, -0.05) is 30.7 Å². The van der Waals surface area contributed by atoms with Crippen LogP contribution in [0.1, 0.15) is 30.4 Å². The normalized spacial score (nSPS) is 16.8. The molecule has 0 amide bonds. The molecule has 18 heavy (non-hydrogen) atoms. The number of sulfonamides is 1. The average Bonchev–Trinajstić information content (AvgIpc) is 2.27. The Morgan fingerprint density at radius 3 is 2.22 bits per heavy atom. The quantitative estimate of drug-likeness (QED) is 0.879. The summed E-state index contributed by atoms with van der Waals surface area (Å²) < 4.78 is 25.9. The van der Waals surface area contributed by atoms with E-state index < -0.39 is 10.0 Å². The largest absolute Gasteiger partial charge is 0.326 e. The van der Waals surface area contributed by atoms with Crippen molar-refractivity contribution in [3.63, 3.8) is 0 Å². The summed E-state index contributed by atoms with van der Waals surface area (Å²) in [6.07, 6.45) is 3.11. The summed E-state index contributed by atoms with van der Waals surface area (Å²) >= 11 is 0. The molecular formula is C13H20N2O2S. The predicted molar refractivity (Wildman–Crippen MR) is 72.4 cm³/mol. The van der Waals surface area contributed by atoms with Crippen molar-refractivity contribution < 1.29 is 8.42 Å². The molecular weight excluding hydrogens is 248 g/mol. The predicted octanol–water partition coefficient (Wildman–Crippen LogP) is 1.46. The van der Waals surface area contributed by atoms with Crippen LogP contribution >= 0.6 is 0 Å². The van der Waals surface area contributed by atoms with E-state index >= 15 is 0 Å². The summed E-state index contributed by atoms with van der Waals surface area (Å²) in [5.41, 5.74) is 7.35. The van der Waals surface area contributed by atoms with E-state index in [-0.39, 0.29) is 11.8 Å². The molecule has 0 atom stereocenters. The van der Waals surface area contributed by atoms with Crippen LogP contribution in [0.4, 0.5) is 0 Å². The number of hydrogen-bond acceptors (Lipinski definition) is 3. The second-order valence-electron chi connectivity index (χ2n) is 4.88. The minimum absolute atomic E-state index is 0.0743. The van der Waals surface area contributed by atoms with Gasteiger partial charge in [0.1, 0.15) is 0 Å². The van der Waals surface area contributed by atoms with Gasteiger partial charge in [0.25, 0.3) is 0 Å². The van der Waals surface area contributed by atoms with Crippen LogP contribution < -0.4 is 5.73 Å². The van der Waals surface area contributed by atoms with Crippen molar-refractivity contribution in [3.05, 3.63) is 35.4 Å². The van der Waals surface area contributed by atoms with Gasteiger partial charge in [0.15, 0.2) is 0 Å². The first kappa shape index (κ1) is 13.5. The summed E-state index contributed by atoms with van der Waals surface area (Å²) in [7, 11) is -1.50. The molecule has 0 spiro atoms. The van der Waals surface area contributed by atoms with E-state index in [0.717, 1.165) is 30.4 Å². The van der Waals surface area contributed by atoms with E-state index in [0.29, 0.717) is 6.54 Å². The molecule has 2 N–H and O–H groups in total. The second kappa shape index (κ2) is 5.38. The van der Waals surface area contributed by atoms with E-state index in [1.165, 1.54) is 4.31 Å². The van der Waals surface area contributed by atoms with Gasteiger partial charge >= 0.3 is 0 Å². The molecule has 1 fully saturated rings. The van der Waals surface area contributed by atoms with E-state index in [1.54, 1.807) is 7.05 Å². The smallest absolute Gasteiger partial charge is 0.218 e. The topological polar surface area (TPSA) is 63.4 Å². The van der Waals surface area contributed by atoms with Gasteiger partial charge < -0.3 is 5.73 Å². The maximum atomic E-state index is 12.2. The van der Waals surface area contributed by atoms with Crippen molar-refractivity contribution in [2.75, 3.05) is 7.05 Å². The highest BCUT2D eigenvalue weighted by Crippen LogP contribution is 2.26. The van der Waals surface area contributed by atoms with Crippen molar-refractivity contribution in [2.45, 2.75) is 37.6 Å². The lowest BCUT2D eigenvalue weighted by Gasteiger charge is -2.33. The molecule has 1 aliphatic carbocycles. The van der Waals surface area contributed by atoms with Crippen LogP contribution in [0.25, 0.3) is 0 Å². The van der Waals surface area contributed by atoms with Crippen LogP contribution in [-0.2, 0) is 22.3 Å². The summed E-state index contributed by atoms with van der Waals surface area (Å²) in [5, 5.41) is 0. The molecule has 0 heterocycles. The van der Waals surface area contributed by atoms with Crippen molar-refractivity contribution in [1.29, 1.82) is 0 Å². The molecule has 0 bridgehead atoms. The summed E-state index contributed by atoms with van der Waals surface area (Å²) in [6.45, 7) is 0.481. The zero-order chi connectivity index (χ0) is 13.2. The number of rotatable bonds is 5. The Labute approximate surface area is 109 Å². The fourth-order valence-electron chi connectivity index (χ4n) is 2.06. The molecule has 1 aromatic rings. The van der Waals surface area contributed by atoms with Gasteiger partial charge in [-0.2, -0.15) is 0 Å². The van der Waals surface area contributed by atoms with E-state index in [4.69, 9.17) is 5.73 Å². The Bertz CT molecular complexity index is 492. The van der Waals surface area contributed by atoms with Gasteiger partial charge in [0.2, 0.25) is 10.0 Å². The molecule has 0 aliphatic heterocycles. The van der Waals surface area contributed by atoms with Crippen LogP contribution in [0, 0.1) is 0 Å². The number of nitrogens with two attached hydrogens (primary N) is 1. The van der Waals surface area contributed by atoms with Gasteiger partial charge in [0, 0.05) is 19.6 Å². The first-order valence-corrected chi connectivity index (χ1v) is 7.87. The van der Waals surface area contributed by atoms with Crippen LogP contribution in [0.3, 0.4) is 0 Å². The lowest BCUT2D eigenvalue weighted by Crippen LogP contribution is -2.41. The summed E-state index contributed by atoms with van der Waals surface area (Å²) in [4.78, 5) is 0. The Kier molecular flexibility index (Phi) is 4.04. The lowest BCUT2D eigenvalue weighted by atomic mass is 9.94. The molecule has 0 saturated heterocycles. The highest BCUT2D eigenvalue weighted by atomic mass is 32.2. The monoisotopic (exact) mass is 268 g/mol. The molecule has 1 saturated carbocycles. The van der Waals surface area contributed by atoms with Crippen LogP contribution in [-0.4, -0.2) is 25.8 Å². The fourth-order valence-corrected chi connectivity index (χ4v) is 3.54. The Morgan fingerprint density at radius 1 is 1.22 bits per heavy atom. The minimum atomic E-state index is -3.19. The number of benzene rings is 1. The first-order chi connectivity index (χ1) is 8.53. The zero-order valence-electron chi connectivity index (χ0n) is 10.7. The van der Waals surface area contributed by atoms with Gasteiger partial charge in [-0.05, 0) is 24.0 Å². The Balaban J connectivity index is 2.06. The molecule has 2 rings (SSSR count). The minimum Gasteiger partial charge on any atom is -0.326 e. The van der Waals surface area contributed by atoms with Crippen LogP contribution in [0.5, 0.6) is 0 Å². The third-order valence-corrected chi connectivity index (χ3v) is 5.51. The SMILES string of the molecule is CN(C1CCC1)S(=O)(=O)Cc1ccc(CN)cc1. The van der Waals surface area contributed by atoms with Crippen LogP contribution in [0.15, 0.2) is 24.3 Å².